The number of hydrogen-bond donors (Lipinski definition) is 0. The largest absolute Gasteiger partial charge is 0.294 e. The smallest absolute Gasteiger partial charge is 0.163 e. The van der Waals surface area contributed by atoms with Gasteiger partial charge in [-0.15, -0.1) is 0 Å². The third kappa shape index (κ3) is 3.33. The van der Waals surface area contributed by atoms with Crippen LogP contribution in [0.5, 0.6) is 0 Å². The normalized spacial score (nSPS) is 11.6. The Morgan fingerprint density at radius 1 is 1.10 bits per heavy atom. The summed E-state index contributed by atoms with van der Waals surface area (Å²) >= 11 is 0. The third-order valence-electron chi connectivity index (χ3n) is 3.53. The van der Waals surface area contributed by atoms with Crippen molar-refractivity contribution in [3.8, 4) is 6.07 Å². The predicted molar refractivity (Wildman–Crippen MR) is 79.6 cm³/mol. The molecule has 100 valence electrons. The van der Waals surface area contributed by atoms with Crippen molar-refractivity contribution in [1.29, 1.82) is 5.26 Å². The van der Waals surface area contributed by atoms with Crippen molar-refractivity contribution in [3.05, 3.63) is 71.3 Å². The van der Waals surface area contributed by atoms with Crippen LogP contribution in [0.3, 0.4) is 0 Å². The van der Waals surface area contributed by atoms with Gasteiger partial charge in [-0.3, -0.25) is 4.79 Å². The van der Waals surface area contributed by atoms with Crippen LogP contribution < -0.4 is 0 Å². The summed E-state index contributed by atoms with van der Waals surface area (Å²) in [5.74, 6) is 0.372. The lowest BCUT2D eigenvalue weighted by Gasteiger charge is -2.14. The van der Waals surface area contributed by atoms with E-state index in [2.05, 4.69) is 13.0 Å². The Hall–Kier alpha value is -2.40. The van der Waals surface area contributed by atoms with E-state index in [0.29, 0.717) is 12.0 Å². The van der Waals surface area contributed by atoms with E-state index in [4.69, 9.17) is 5.26 Å². The van der Waals surface area contributed by atoms with Crippen LogP contribution in [0.2, 0.25) is 0 Å². The highest BCUT2D eigenvalue weighted by atomic mass is 16.1. The van der Waals surface area contributed by atoms with E-state index in [-0.39, 0.29) is 11.7 Å². The number of nitriles is 1. The molecule has 2 nitrogen and oxygen atoms in total. The molecule has 0 spiro atoms. The van der Waals surface area contributed by atoms with Crippen LogP contribution in [-0.4, -0.2) is 5.78 Å². The summed E-state index contributed by atoms with van der Waals surface area (Å²) in [6.45, 7) is 2.08. The summed E-state index contributed by atoms with van der Waals surface area (Å²) in [5, 5.41) is 8.81. The molecule has 0 heterocycles. The molecule has 0 radical (unpaired) electrons. The number of ketones is 1. The molecule has 0 aliphatic rings. The minimum atomic E-state index is 0.168. The van der Waals surface area contributed by atoms with Gasteiger partial charge in [-0.25, -0.2) is 0 Å². The molecule has 2 heteroatoms. The van der Waals surface area contributed by atoms with Gasteiger partial charge < -0.3 is 0 Å². The summed E-state index contributed by atoms with van der Waals surface area (Å²) in [4.78, 5) is 12.3. The molecule has 0 saturated heterocycles. The second-order valence-corrected chi connectivity index (χ2v) is 4.83. The molecule has 0 fully saturated rings. The van der Waals surface area contributed by atoms with Crippen molar-refractivity contribution in [2.75, 3.05) is 0 Å². The van der Waals surface area contributed by atoms with Gasteiger partial charge in [0.2, 0.25) is 0 Å². The fourth-order valence-electron chi connectivity index (χ4n) is 2.29. The number of hydrogen-bond acceptors (Lipinski definition) is 2. The third-order valence-corrected chi connectivity index (χ3v) is 3.53. The van der Waals surface area contributed by atoms with E-state index in [1.807, 2.05) is 54.6 Å². The molecule has 0 aromatic heterocycles. The minimum absolute atomic E-state index is 0.168. The van der Waals surface area contributed by atoms with Crippen molar-refractivity contribution in [1.82, 2.24) is 0 Å². The molecule has 2 aromatic carbocycles. The molecule has 2 aromatic rings. The summed E-state index contributed by atoms with van der Waals surface area (Å²) in [5.41, 5.74) is 2.54. The minimum Gasteiger partial charge on any atom is -0.294 e. The number of benzene rings is 2. The first kappa shape index (κ1) is 14.0. The van der Waals surface area contributed by atoms with Gasteiger partial charge in [-0.05, 0) is 30.0 Å². The topological polar surface area (TPSA) is 40.9 Å². The van der Waals surface area contributed by atoms with E-state index >= 15 is 0 Å². The van der Waals surface area contributed by atoms with Crippen LogP contribution in [0.4, 0.5) is 0 Å². The second-order valence-electron chi connectivity index (χ2n) is 4.83. The zero-order chi connectivity index (χ0) is 14.4. The Morgan fingerprint density at radius 2 is 1.75 bits per heavy atom. The fraction of sp³-hybridized carbons (Fsp3) is 0.222. The zero-order valence-corrected chi connectivity index (χ0v) is 11.5. The Morgan fingerprint density at radius 3 is 2.30 bits per heavy atom. The van der Waals surface area contributed by atoms with Crippen molar-refractivity contribution >= 4 is 5.78 Å². The maximum absolute atomic E-state index is 12.3. The Kier molecular flexibility index (Phi) is 4.68. The van der Waals surface area contributed by atoms with Crippen molar-refractivity contribution < 1.29 is 4.79 Å². The van der Waals surface area contributed by atoms with Crippen LogP contribution >= 0.6 is 0 Å². The van der Waals surface area contributed by atoms with Crippen molar-refractivity contribution in [2.45, 2.75) is 25.7 Å². The molecular weight excluding hydrogens is 246 g/mol. The van der Waals surface area contributed by atoms with Crippen LogP contribution in [0.25, 0.3) is 0 Å². The Labute approximate surface area is 119 Å². The highest BCUT2D eigenvalue weighted by Crippen LogP contribution is 2.25. The quantitative estimate of drug-likeness (QED) is 0.753. The molecule has 0 aliphatic heterocycles. The van der Waals surface area contributed by atoms with Gasteiger partial charge in [0.25, 0.3) is 0 Å². The SMILES string of the molecule is CC[C@@H](CC(=O)c1ccccc1)c1ccc(C#N)cc1. The van der Waals surface area contributed by atoms with Gasteiger partial charge in [-0.1, -0.05) is 49.4 Å². The summed E-state index contributed by atoms with van der Waals surface area (Å²) in [7, 11) is 0. The average Bonchev–Trinajstić information content (AvgIpc) is 2.53. The van der Waals surface area contributed by atoms with Crippen molar-refractivity contribution in [2.24, 2.45) is 0 Å². The van der Waals surface area contributed by atoms with E-state index in [0.717, 1.165) is 17.5 Å². The van der Waals surface area contributed by atoms with E-state index in [1.165, 1.54) is 0 Å². The van der Waals surface area contributed by atoms with Gasteiger partial charge in [0.05, 0.1) is 11.6 Å². The van der Waals surface area contributed by atoms with Gasteiger partial charge in [-0.2, -0.15) is 5.26 Å². The lowest BCUT2D eigenvalue weighted by Crippen LogP contribution is -2.07. The first-order chi connectivity index (χ1) is 9.74. The maximum atomic E-state index is 12.3. The van der Waals surface area contributed by atoms with Crippen LogP contribution in [0, 0.1) is 11.3 Å². The lowest BCUT2D eigenvalue weighted by molar-refractivity contribution is 0.0973. The molecule has 0 amide bonds. The zero-order valence-electron chi connectivity index (χ0n) is 11.5. The van der Waals surface area contributed by atoms with Crippen LogP contribution in [0.15, 0.2) is 54.6 Å². The second kappa shape index (κ2) is 6.68. The molecule has 0 bridgehead atoms. The van der Waals surface area contributed by atoms with Gasteiger partial charge in [0.15, 0.2) is 5.78 Å². The van der Waals surface area contributed by atoms with Crippen LogP contribution in [0.1, 0.15) is 47.2 Å². The van der Waals surface area contributed by atoms with E-state index < -0.39 is 0 Å². The van der Waals surface area contributed by atoms with Crippen molar-refractivity contribution in [3.63, 3.8) is 0 Å². The number of nitrogens with zero attached hydrogens (tertiary/aromatic N) is 1. The summed E-state index contributed by atoms with van der Waals surface area (Å²) in [6.07, 6.45) is 1.41. The number of carbonyl (C=O) groups is 1. The Bertz CT molecular complexity index is 608. The Balaban J connectivity index is 2.12. The highest BCUT2D eigenvalue weighted by Gasteiger charge is 2.15. The van der Waals surface area contributed by atoms with Gasteiger partial charge >= 0.3 is 0 Å². The standard InChI is InChI=1S/C18H17NO/c1-2-15(16-10-8-14(13-19)9-11-16)12-18(20)17-6-4-3-5-7-17/h3-11,15H,2,12H2,1H3/t15-/m0/s1. The summed E-state index contributed by atoms with van der Waals surface area (Å²) < 4.78 is 0. The molecule has 0 aliphatic carbocycles. The summed E-state index contributed by atoms with van der Waals surface area (Å²) in [6, 6.07) is 19.0. The van der Waals surface area contributed by atoms with Gasteiger partial charge in [0, 0.05) is 12.0 Å². The van der Waals surface area contributed by atoms with E-state index in [1.54, 1.807) is 0 Å². The average molecular weight is 263 g/mol. The molecule has 20 heavy (non-hydrogen) atoms. The van der Waals surface area contributed by atoms with Gasteiger partial charge in [0.1, 0.15) is 0 Å². The number of carbonyl (C=O) groups excluding carboxylic acids is 1. The fourth-order valence-corrected chi connectivity index (χ4v) is 2.29. The maximum Gasteiger partial charge on any atom is 0.163 e. The first-order valence-electron chi connectivity index (χ1n) is 6.83. The van der Waals surface area contributed by atoms with Crippen LogP contribution in [-0.2, 0) is 0 Å². The predicted octanol–water partition coefficient (Wildman–Crippen LogP) is 4.32. The molecule has 0 saturated carbocycles. The molecule has 1 atom stereocenters. The number of Topliss-reactive ketones (excluding diaryl/α,β-unsaturated/α-hetero) is 1. The molecular formula is C18H17NO. The molecule has 2 rings (SSSR count). The molecule has 0 N–H and O–H groups in total. The lowest BCUT2D eigenvalue weighted by atomic mass is 9.89. The molecule has 0 unspecified atom stereocenters. The highest BCUT2D eigenvalue weighted by molar-refractivity contribution is 5.96. The monoisotopic (exact) mass is 263 g/mol. The number of rotatable bonds is 5. The first-order valence-corrected chi connectivity index (χ1v) is 6.83. The van der Waals surface area contributed by atoms with E-state index in [9.17, 15) is 4.79 Å².